The number of benzene rings is 1. The van der Waals surface area contributed by atoms with Crippen molar-refractivity contribution in [3.8, 4) is 22.0 Å². The van der Waals surface area contributed by atoms with Gasteiger partial charge in [0, 0.05) is 35.8 Å². The summed E-state index contributed by atoms with van der Waals surface area (Å²) < 4.78 is 2.19. The normalized spacial score (nSPS) is 18.5. The van der Waals surface area contributed by atoms with Gasteiger partial charge in [-0.2, -0.15) is 0 Å². The molecule has 1 saturated carbocycles. The SMILES string of the molecule is CN(C)CC1CC(c2nc(-c3ccc4ccc(-c5cccs5)nc4c3)n3ccncc23)C1. The van der Waals surface area contributed by atoms with E-state index in [0.717, 1.165) is 46.0 Å². The summed E-state index contributed by atoms with van der Waals surface area (Å²) in [4.78, 5) is 18.0. The predicted octanol–water partition coefficient (Wildman–Crippen LogP) is 5.73. The Morgan fingerprint density at radius 1 is 1.09 bits per heavy atom. The van der Waals surface area contributed by atoms with Gasteiger partial charge in [-0.25, -0.2) is 9.97 Å². The van der Waals surface area contributed by atoms with E-state index in [0.29, 0.717) is 5.92 Å². The van der Waals surface area contributed by atoms with Crippen molar-refractivity contribution in [3.05, 3.63) is 72.1 Å². The summed E-state index contributed by atoms with van der Waals surface area (Å²) in [6.07, 6.45) is 8.22. The highest BCUT2D eigenvalue weighted by atomic mass is 32.1. The summed E-state index contributed by atoms with van der Waals surface area (Å²) in [5.74, 6) is 2.24. The summed E-state index contributed by atoms with van der Waals surface area (Å²) in [6, 6.07) is 14.9. The molecule has 32 heavy (non-hydrogen) atoms. The molecule has 4 heterocycles. The largest absolute Gasteiger partial charge is 0.309 e. The Balaban J connectivity index is 1.40. The van der Waals surface area contributed by atoms with Crippen LogP contribution in [0.3, 0.4) is 0 Å². The molecule has 160 valence electrons. The van der Waals surface area contributed by atoms with E-state index in [1.165, 1.54) is 23.4 Å². The molecular weight excluding hydrogens is 414 g/mol. The van der Waals surface area contributed by atoms with Crippen LogP contribution in [0.25, 0.3) is 38.4 Å². The number of pyridine rings is 1. The van der Waals surface area contributed by atoms with E-state index >= 15 is 0 Å². The fourth-order valence-electron chi connectivity index (χ4n) is 4.91. The lowest BCUT2D eigenvalue weighted by atomic mass is 9.73. The average molecular weight is 440 g/mol. The summed E-state index contributed by atoms with van der Waals surface area (Å²) >= 11 is 1.72. The molecule has 6 heteroatoms. The maximum absolute atomic E-state index is 5.16. The van der Waals surface area contributed by atoms with Crippen LogP contribution in [0.1, 0.15) is 24.5 Å². The van der Waals surface area contributed by atoms with Gasteiger partial charge < -0.3 is 4.90 Å². The van der Waals surface area contributed by atoms with Crippen molar-refractivity contribution in [2.24, 2.45) is 5.92 Å². The van der Waals surface area contributed by atoms with Crippen LogP contribution in [-0.2, 0) is 0 Å². The fourth-order valence-corrected chi connectivity index (χ4v) is 5.60. The van der Waals surface area contributed by atoms with Crippen molar-refractivity contribution in [1.29, 1.82) is 0 Å². The van der Waals surface area contributed by atoms with Crippen molar-refractivity contribution in [2.45, 2.75) is 18.8 Å². The molecule has 0 N–H and O–H groups in total. The molecule has 0 atom stereocenters. The molecule has 4 aromatic heterocycles. The minimum atomic E-state index is 0.511. The Kier molecular flexibility index (Phi) is 4.77. The molecule has 0 bridgehead atoms. The highest BCUT2D eigenvalue weighted by molar-refractivity contribution is 7.13. The molecule has 1 aliphatic carbocycles. The fraction of sp³-hybridized carbons (Fsp3) is 0.269. The van der Waals surface area contributed by atoms with Gasteiger partial charge in [0.05, 0.1) is 33.5 Å². The van der Waals surface area contributed by atoms with Gasteiger partial charge in [-0.15, -0.1) is 11.3 Å². The monoisotopic (exact) mass is 439 g/mol. The Hall–Kier alpha value is -3.09. The van der Waals surface area contributed by atoms with E-state index in [2.05, 4.69) is 76.2 Å². The molecule has 0 aliphatic heterocycles. The van der Waals surface area contributed by atoms with E-state index in [1.54, 1.807) is 11.3 Å². The quantitative estimate of drug-likeness (QED) is 0.351. The van der Waals surface area contributed by atoms with Crippen LogP contribution in [-0.4, -0.2) is 44.9 Å². The van der Waals surface area contributed by atoms with Crippen LogP contribution in [0, 0.1) is 5.92 Å². The molecule has 0 saturated heterocycles. The van der Waals surface area contributed by atoms with Crippen molar-refractivity contribution in [2.75, 3.05) is 20.6 Å². The van der Waals surface area contributed by atoms with Crippen LogP contribution in [0.4, 0.5) is 0 Å². The third-order valence-corrected chi connectivity index (χ3v) is 7.34. The van der Waals surface area contributed by atoms with E-state index in [4.69, 9.17) is 9.97 Å². The molecule has 1 aliphatic rings. The van der Waals surface area contributed by atoms with E-state index < -0.39 is 0 Å². The third kappa shape index (κ3) is 3.40. The van der Waals surface area contributed by atoms with Crippen molar-refractivity contribution < 1.29 is 0 Å². The highest BCUT2D eigenvalue weighted by Crippen LogP contribution is 2.43. The van der Waals surface area contributed by atoms with Crippen LogP contribution in [0.5, 0.6) is 0 Å². The Morgan fingerprint density at radius 2 is 1.97 bits per heavy atom. The molecule has 0 spiro atoms. The predicted molar refractivity (Wildman–Crippen MR) is 131 cm³/mol. The van der Waals surface area contributed by atoms with E-state index in [9.17, 15) is 0 Å². The number of thiophene rings is 1. The van der Waals surface area contributed by atoms with E-state index in [-0.39, 0.29) is 0 Å². The van der Waals surface area contributed by atoms with Gasteiger partial charge in [0.25, 0.3) is 0 Å². The van der Waals surface area contributed by atoms with Crippen LogP contribution in [0.2, 0.25) is 0 Å². The Morgan fingerprint density at radius 3 is 2.78 bits per heavy atom. The molecule has 5 aromatic rings. The smallest absolute Gasteiger partial charge is 0.145 e. The molecule has 5 nitrogen and oxygen atoms in total. The van der Waals surface area contributed by atoms with Gasteiger partial charge in [0.2, 0.25) is 0 Å². The second kappa shape index (κ2) is 7.80. The van der Waals surface area contributed by atoms with Gasteiger partial charge in [-0.05, 0) is 56.4 Å². The van der Waals surface area contributed by atoms with Gasteiger partial charge in [-0.3, -0.25) is 9.38 Å². The first-order valence-corrected chi connectivity index (χ1v) is 12.0. The molecule has 0 radical (unpaired) electrons. The standard InChI is InChI=1S/C26H25N5S/c1-30(2)16-17-12-20(13-17)25-23-15-27-9-10-31(23)26(29-25)19-6-5-18-7-8-21(28-22(18)14-19)24-4-3-11-32-24/h3-11,14-15,17,20H,12-13,16H2,1-2H3. The second-order valence-corrected chi connectivity index (χ2v) is 9.98. The maximum Gasteiger partial charge on any atom is 0.145 e. The first-order valence-electron chi connectivity index (χ1n) is 11.1. The van der Waals surface area contributed by atoms with Crippen LogP contribution >= 0.6 is 11.3 Å². The van der Waals surface area contributed by atoms with Crippen molar-refractivity contribution >= 4 is 27.8 Å². The van der Waals surface area contributed by atoms with Gasteiger partial charge >= 0.3 is 0 Å². The average Bonchev–Trinajstić information content (AvgIpc) is 3.44. The molecular formula is C26H25N5S. The van der Waals surface area contributed by atoms with Gasteiger partial charge in [-0.1, -0.05) is 24.3 Å². The number of nitrogens with zero attached hydrogens (tertiary/aromatic N) is 5. The first-order chi connectivity index (χ1) is 15.7. The zero-order valence-corrected chi connectivity index (χ0v) is 19.1. The lowest BCUT2D eigenvalue weighted by Crippen LogP contribution is -2.31. The number of aromatic nitrogens is 4. The number of imidazole rings is 1. The Labute approximate surface area is 191 Å². The molecule has 1 aromatic carbocycles. The molecule has 0 unspecified atom stereocenters. The zero-order chi connectivity index (χ0) is 21.7. The topological polar surface area (TPSA) is 46.3 Å². The minimum Gasteiger partial charge on any atom is -0.309 e. The summed E-state index contributed by atoms with van der Waals surface area (Å²) in [6.45, 7) is 1.15. The first kappa shape index (κ1) is 19.6. The third-order valence-electron chi connectivity index (χ3n) is 6.44. The molecule has 1 fully saturated rings. The molecule has 6 rings (SSSR count). The van der Waals surface area contributed by atoms with Crippen molar-refractivity contribution in [3.63, 3.8) is 0 Å². The summed E-state index contributed by atoms with van der Waals surface area (Å²) in [7, 11) is 4.30. The lowest BCUT2D eigenvalue weighted by molar-refractivity contribution is 0.198. The maximum atomic E-state index is 5.16. The van der Waals surface area contributed by atoms with Crippen molar-refractivity contribution in [1.82, 2.24) is 24.3 Å². The zero-order valence-electron chi connectivity index (χ0n) is 18.3. The Bertz CT molecular complexity index is 1400. The number of hydrogen-bond acceptors (Lipinski definition) is 5. The number of rotatable bonds is 5. The lowest BCUT2D eigenvalue weighted by Gasteiger charge is -2.36. The van der Waals surface area contributed by atoms with Crippen LogP contribution in [0.15, 0.2) is 66.4 Å². The molecule has 0 amide bonds. The number of fused-ring (bicyclic) bond motifs is 2. The summed E-state index contributed by atoms with van der Waals surface area (Å²) in [5, 5.41) is 3.23. The van der Waals surface area contributed by atoms with Crippen LogP contribution < -0.4 is 0 Å². The minimum absolute atomic E-state index is 0.511. The number of hydrogen-bond donors (Lipinski definition) is 0. The summed E-state index contributed by atoms with van der Waals surface area (Å²) in [5.41, 5.74) is 5.41. The second-order valence-electron chi connectivity index (χ2n) is 9.03. The van der Waals surface area contributed by atoms with Gasteiger partial charge in [0.15, 0.2) is 0 Å². The van der Waals surface area contributed by atoms with Gasteiger partial charge in [0.1, 0.15) is 5.82 Å². The van der Waals surface area contributed by atoms with E-state index in [1.807, 2.05) is 18.6 Å². The highest BCUT2D eigenvalue weighted by Gasteiger charge is 2.34.